The van der Waals surface area contributed by atoms with Gasteiger partial charge in [-0.25, -0.2) is 0 Å². The summed E-state index contributed by atoms with van der Waals surface area (Å²) in [7, 11) is 0. The summed E-state index contributed by atoms with van der Waals surface area (Å²) in [6, 6.07) is 2.04. The average Bonchev–Trinajstić information content (AvgIpc) is 3.25. The molecule has 0 N–H and O–H groups in total. The highest BCUT2D eigenvalue weighted by molar-refractivity contribution is 7.10. The second-order valence-electron chi connectivity index (χ2n) is 6.56. The van der Waals surface area contributed by atoms with E-state index in [0.29, 0.717) is 6.54 Å². The molecule has 0 spiro atoms. The number of rotatable bonds is 3. The number of fused-ring (bicyclic) bond motifs is 2. The molecule has 2 aliphatic rings. The highest BCUT2D eigenvalue weighted by atomic mass is 32.1. The molecule has 24 heavy (non-hydrogen) atoms. The van der Waals surface area contributed by atoms with Crippen LogP contribution in [-0.2, 0) is 37.3 Å². The van der Waals surface area contributed by atoms with Crippen LogP contribution in [0.25, 0.3) is 0 Å². The number of hydrogen-bond donors (Lipinski definition) is 0. The number of hydrogen-bond acceptors (Lipinski definition) is 5. The first-order valence-electron chi connectivity index (χ1n) is 8.66. The van der Waals surface area contributed by atoms with Gasteiger partial charge in [0.1, 0.15) is 11.6 Å². The molecule has 2 aliphatic heterocycles. The molecule has 0 aromatic carbocycles. The van der Waals surface area contributed by atoms with E-state index in [2.05, 4.69) is 38.0 Å². The third kappa shape index (κ3) is 2.65. The molecular weight excluding hydrogens is 322 g/mol. The molecule has 2 aromatic rings. The molecule has 1 atom stereocenters. The Morgan fingerprint density at radius 2 is 2.17 bits per heavy atom. The van der Waals surface area contributed by atoms with E-state index in [1.165, 1.54) is 10.4 Å². The SMILES string of the molecule is CCc1nnc2n1CCN(C(C)C(=O)N1CCc3sccc3C1)C2. The Bertz CT molecular complexity index is 752. The van der Waals surface area contributed by atoms with Gasteiger partial charge >= 0.3 is 0 Å². The molecule has 7 heteroatoms. The quantitative estimate of drug-likeness (QED) is 0.849. The van der Waals surface area contributed by atoms with Crippen LogP contribution in [0.3, 0.4) is 0 Å². The summed E-state index contributed by atoms with van der Waals surface area (Å²) in [6.07, 6.45) is 1.89. The fraction of sp³-hybridized carbons (Fsp3) is 0.588. The molecular formula is C17H23N5OS. The van der Waals surface area contributed by atoms with E-state index in [1.807, 2.05) is 11.8 Å². The zero-order valence-corrected chi connectivity index (χ0v) is 15.1. The minimum absolute atomic E-state index is 0.110. The molecule has 0 bridgehead atoms. The average molecular weight is 345 g/mol. The molecule has 0 aliphatic carbocycles. The van der Waals surface area contributed by atoms with Gasteiger partial charge in [0.15, 0.2) is 0 Å². The van der Waals surface area contributed by atoms with Gasteiger partial charge in [0, 0.05) is 37.5 Å². The maximum atomic E-state index is 12.9. The van der Waals surface area contributed by atoms with E-state index in [9.17, 15) is 4.79 Å². The lowest BCUT2D eigenvalue weighted by Crippen LogP contribution is -2.50. The molecule has 0 saturated heterocycles. The molecule has 4 rings (SSSR count). The van der Waals surface area contributed by atoms with Gasteiger partial charge in [-0.1, -0.05) is 6.92 Å². The van der Waals surface area contributed by atoms with Crippen molar-refractivity contribution in [2.75, 3.05) is 13.1 Å². The van der Waals surface area contributed by atoms with Gasteiger partial charge in [0.2, 0.25) is 5.91 Å². The predicted molar refractivity (Wildman–Crippen MR) is 92.7 cm³/mol. The Morgan fingerprint density at radius 3 is 3.00 bits per heavy atom. The number of aryl methyl sites for hydroxylation is 1. The number of nitrogens with zero attached hydrogens (tertiary/aromatic N) is 5. The van der Waals surface area contributed by atoms with E-state index in [4.69, 9.17) is 0 Å². The van der Waals surface area contributed by atoms with Crippen LogP contribution in [0.15, 0.2) is 11.4 Å². The lowest BCUT2D eigenvalue weighted by Gasteiger charge is -2.36. The van der Waals surface area contributed by atoms with Gasteiger partial charge in [-0.3, -0.25) is 9.69 Å². The highest BCUT2D eigenvalue weighted by Gasteiger charge is 2.31. The van der Waals surface area contributed by atoms with Gasteiger partial charge in [0.05, 0.1) is 12.6 Å². The van der Waals surface area contributed by atoms with E-state index >= 15 is 0 Å². The number of thiophene rings is 1. The molecule has 0 fully saturated rings. The molecule has 128 valence electrons. The lowest BCUT2D eigenvalue weighted by molar-refractivity contribution is -0.138. The molecule has 1 amide bonds. The maximum Gasteiger partial charge on any atom is 0.239 e. The fourth-order valence-electron chi connectivity index (χ4n) is 3.69. The Balaban J connectivity index is 1.44. The van der Waals surface area contributed by atoms with Crippen molar-refractivity contribution in [3.8, 4) is 0 Å². The predicted octanol–water partition coefficient (Wildman–Crippen LogP) is 1.69. The van der Waals surface area contributed by atoms with Crippen LogP contribution < -0.4 is 0 Å². The van der Waals surface area contributed by atoms with Crippen molar-refractivity contribution >= 4 is 17.2 Å². The van der Waals surface area contributed by atoms with Gasteiger partial charge < -0.3 is 9.47 Å². The van der Waals surface area contributed by atoms with Crippen molar-refractivity contribution in [2.45, 2.75) is 52.4 Å². The summed E-state index contributed by atoms with van der Waals surface area (Å²) in [4.78, 5) is 18.6. The first-order chi connectivity index (χ1) is 11.7. The summed E-state index contributed by atoms with van der Waals surface area (Å²) in [6.45, 7) is 8.17. The first kappa shape index (κ1) is 15.8. The number of carbonyl (C=O) groups is 1. The maximum absolute atomic E-state index is 12.9. The topological polar surface area (TPSA) is 54.3 Å². The number of amides is 1. The van der Waals surface area contributed by atoms with Crippen LogP contribution in [-0.4, -0.2) is 49.6 Å². The van der Waals surface area contributed by atoms with E-state index in [0.717, 1.165) is 50.7 Å². The van der Waals surface area contributed by atoms with E-state index < -0.39 is 0 Å². The summed E-state index contributed by atoms with van der Waals surface area (Å²) in [5.74, 6) is 2.26. The zero-order valence-electron chi connectivity index (χ0n) is 14.2. The minimum Gasteiger partial charge on any atom is -0.337 e. The second kappa shape index (κ2) is 6.29. The third-order valence-electron chi connectivity index (χ3n) is 5.20. The van der Waals surface area contributed by atoms with E-state index in [1.54, 1.807) is 11.3 Å². The standard InChI is InChI=1S/C17H23N5OS/c1-3-15-18-19-16-11-20(7-8-22(15)16)12(2)17(23)21-6-4-14-13(10-21)5-9-24-14/h5,9,12H,3-4,6-8,10-11H2,1-2H3. The Kier molecular flexibility index (Phi) is 4.14. The minimum atomic E-state index is -0.110. The molecule has 0 radical (unpaired) electrons. The molecule has 6 nitrogen and oxygen atoms in total. The zero-order chi connectivity index (χ0) is 16.7. The van der Waals surface area contributed by atoms with Crippen molar-refractivity contribution in [1.82, 2.24) is 24.6 Å². The van der Waals surface area contributed by atoms with Crippen LogP contribution in [0, 0.1) is 0 Å². The fourth-order valence-corrected chi connectivity index (χ4v) is 4.58. The van der Waals surface area contributed by atoms with Gasteiger partial charge in [-0.15, -0.1) is 21.5 Å². The van der Waals surface area contributed by atoms with Crippen LogP contribution in [0.4, 0.5) is 0 Å². The molecule has 2 aromatic heterocycles. The van der Waals surface area contributed by atoms with E-state index in [-0.39, 0.29) is 11.9 Å². The summed E-state index contributed by atoms with van der Waals surface area (Å²) < 4.78 is 2.20. The smallest absolute Gasteiger partial charge is 0.239 e. The summed E-state index contributed by atoms with van der Waals surface area (Å²) >= 11 is 1.81. The van der Waals surface area contributed by atoms with Gasteiger partial charge in [-0.2, -0.15) is 0 Å². The first-order valence-corrected chi connectivity index (χ1v) is 9.54. The van der Waals surface area contributed by atoms with Crippen LogP contribution in [0.5, 0.6) is 0 Å². The Labute approximate surface area is 146 Å². The van der Waals surface area contributed by atoms with Gasteiger partial charge in [0.25, 0.3) is 0 Å². The second-order valence-corrected chi connectivity index (χ2v) is 7.56. The van der Waals surface area contributed by atoms with Crippen LogP contribution in [0.1, 0.15) is 35.9 Å². The van der Waals surface area contributed by atoms with Crippen molar-refractivity contribution < 1.29 is 4.79 Å². The van der Waals surface area contributed by atoms with Crippen LogP contribution >= 0.6 is 11.3 Å². The molecule has 1 unspecified atom stereocenters. The highest BCUT2D eigenvalue weighted by Crippen LogP contribution is 2.25. The Morgan fingerprint density at radius 1 is 1.29 bits per heavy atom. The summed E-state index contributed by atoms with van der Waals surface area (Å²) in [5.41, 5.74) is 1.32. The van der Waals surface area contributed by atoms with Crippen molar-refractivity contribution in [3.05, 3.63) is 33.5 Å². The lowest BCUT2D eigenvalue weighted by atomic mass is 10.1. The molecule has 4 heterocycles. The normalized spacial score (nSPS) is 19.0. The van der Waals surface area contributed by atoms with Crippen molar-refractivity contribution in [2.24, 2.45) is 0 Å². The van der Waals surface area contributed by atoms with Gasteiger partial charge in [-0.05, 0) is 30.4 Å². The number of carbonyl (C=O) groups excluding carboxylic acids is 1. The van der Waals surface area contributed by atoms with Crippen LogP contribution in [0.2, 0.25) is 0 Å². The Hall–Kier alpha value is -1.73. The van der Waals surface area contributed by atoms with Crippen molar-refractivity contribution in [1.29, 1.82) is 0 Å². The third-order valence-corrected chi connectivity index (χ3v) is 6.22. The summed E-state index contributed by atoms with van der Waals surface area (Å²) in [5, 5.41) is 10.7. The molecule has 0 saturated carbocycles. The van der Waals surface area contributed by atoms with Crippen molar-refractivity contribution in [3.63, 3.8) is 0 Å². The largest absolute Gasteiger partial charge is 0.337 e. The number of aromatic nitrogens is 3. The monoisotopic (exact) mass is 345 g/mol.